The predicted molar refractivity (Wildman–Crippen MR) is 73.0 cm³/mol. The zero-order chi connectivity index (χ0) is 12.1. The van der Waals surface area contributed by atoms with Crippen LogP contribution in [0.4, 0.5) is 0 Å². The topological polar surface area (TPSA) is 0 Å². The molecular weight excluding hydrogens is 192 g/mol. The molecule has 0 spiro atoms. The third-order valence-electron chi connectivity index (χ3n) is 3.75. The largest absolute Gasteiger partial charge is 0.0683 e. The summed E-state index contributed by atoms with van der Waals surface area (Å²) in [5, 5.41) is 0. The maximum absolute atomic E-state index is 2.39. The lowest BCUT2D eigenvalue weighted by atomic mass is 9.87. The van der Waals surface area contributed by atoms with E-state index in [1.165, 1.54) is 24.8 Å². The van der Waals surface area contributed by atoms with Gasteiger partial charge in [0.1, 0.15) is 0 Å². The van der Waals surface area contributed by atoms with Gasteiger partial charge in [0.15, 0.2) is 0 Å². The Hall–Kier alpha value is -0.780. The molecule has 2 atom stereocenters. The van der Waals surface area contributed by atoms with Gasteiger partial charge in [-0.15, -0.1) is 0 Å². The van der Waals surface area contributed by atoms with E-state index in [0.717, 1.165) is 11.8 Å². The third kappa shape index (κ3) is 2.66. The van der Waals surface area contributed by atoms with Crippen molar-refractivity contribution in [2.75, 3.05) is 0 Å². The van der Waals surface area contributed by atoms with Crippen molar-refractivity contribution in [3.63, 3.8) is 0 Å². The van der Waals surface area contributed by atoms with Crippen LogP contribution in [0.1, 0.15) is 63.1 Å². The molecule has 0 amide bonds. The number of fused-ring (bicyclic) bond motifs is 1. The Morgan fingerprint density at radius 1 is 1.31 bits per heavy atom. The van der Waals surface area contributed by atoms with E-state index in [-0.39, 0.29) is 0 Å². The first kappa shape index (κ1) is 13.3. The Morgan fingerprint density at radius 3 is 2.62 bits per heavy atom. The van der Waals surface area contributed by atoms with E-state index < -0.39 is 0 Å². The summed E-state index contributed by atoms with van der Waals surface area (Å²) < 4.78 is 0. The van der Waals surface area contributed by atoms with E-state index in [1.54, 1.807) is 11.1 Å². The highest BCUT2D eigenvalue weighted by Gasteiger charge is 2.25. The molecule has 0 bridgehead atoms. The van der Waals surface area contributed by atoms with E-state index >= 15 is 0 Å². The minimum absolute atomic E-state index is 0.829. The van der Waals surface area contributed by atoms with Gasteiger partial charge in [0.25, 0.3) is 0 Å². The third-order valence-corrected chi connectivity index (χ3v) is 3.75. The Labute approximate surface area is 101 Å². The minimum Gasteiger partial charge on any atom is -0.0683 e. The van der Waals surface area contributed by atoms with Gasteiger partial charge < -0.3 is 0 Å². The quantitative estimate of drug-likeness (QED) is 0.648. The first-order chi connectivity index (χ1) is 7.72. The van der Waals surface area contributed by atoms with Gasteiger partial charge in [-0.25, -0.2) is 0 Å². The van der Waals surface area contributed by atoms with Crippen LogP contribution < -0.4 is 0 Å². The van der Waals surface area contributed by atoms with Crippen LogP contribution in [0, 0.1) is 12.8 Å². The summed E-state index contributed by atoms with van der Waals surface area (Å²) in [6, 6.07) is 6.99. The van der Waals surface area contributed by atoms with E-state index in [1.807, 2.05) is 13.8 Å². The number of benzene rings is 1. The van der Waals surface area contributed by atoms with Crippen LogP contribution in [0.15, 0.2) is 18.2 Å². The summed E-state index contributed by atoms with van der Waals surface area (Å²) in [6.45, 7) is 10.9. The SMILES string of the molecule is CC.CCC(C)C1CCc2cc(C)ccc21. The highest BCUT2D eigenvalue weighted by Crippen LogP contribution is 2.39. The molecule has 0 aliphatic heterocycles. The lowest BCUT2D eigenvalue weighted by Crippen LogP contribution is -2.05. The number of hydrogen-bond donors (Lipinski definition) is 0. The monoisotopic (exact) mass is 218 g/mol. The summed E-state index contributed by atoms with van der Waals surface area (Å²) in [5.74, 6) is 1.68. The van der Waals surface area contributed by atoms with Crippen LogP contribution in [-0.4, -0.2) is 0 Å². The Kier molecular flexibility index (Phi) is 5.05. The van der Waals surface area contributed by atoms with Crippen LogP contribution in [-0.2, 0) is 6.42 Å². The van der Waals surface area contributed by atoms with Gasteiger partial charge in [0.05, 0.1) is 0 Å². The second-order valence-corrected chi connectivity index (χ2v) is 4.73. The molecule has 2 unspecified atom stereocenters. The summed E-state index contributed by atoms with van der Waals surface area (Å²) in [6.07, 6.45) is 3.97. The average Bonchev–Trinajstić information content (AvgIpc) is 2.73. The molecule has 0 radical (unpaired) electrons. The molecule has 1 aliphatic rings. The fourth-order valence-electron chi connectivity index (χ4n) is 2.65. The molecule has 0 saturated heterocycles. The standard InChI is InChI=1S/C14H20.C2H6/c1-4-11(3)13-8-6-12-9-10(2)5-7-14(12)13;1-2/h5,7,9,11,13H,4,6,8H2,1-3H3;1-2H3. The molecule has 0 N–H and O–H groups in total. The molecule has 0 aromatic heterocycles. The fraction of sp³-hybridized carbons (Fsp3) is 0.625. The smallest absolute Gasteiger partial charge is 0.0130 e. The van der Waals surface area contributed by atoms with E-state index in [9.17, 15) is 0 Å². The lowest BCUT2D eigenvalue weighted by molar-refractivity contribution is 0.443. The van der Waals surface area contributed by atoms with Crippen LogP contribution >= 0.6 is 0 Å². The van der Waals surface area contributed by atoms with Crippen LogP contribution in [0.3, 0.4) is 0 Å². The summed E-state index contributed by atoms with van der Waals surface area (Å²) in [5.41, 5.74) is 4.65. The molecule has 90 valence electrons. The summed E-state index contributed by atoms with van der Waals surface area (Å²) in [4.78, 5) is 0. The second kappa shape index (κ2) is 6.08. The van der Waals surface area contributed by atoms with Crippen molar-refractivity contribution in [2.45, 2.75) is 59.8 Å². The highest BCUT2D eigenvalue weighted by molar-refractivity contribution is 5.38. The van der Waals surface area contributed by atoms with E-state index in [0.29, 0.717) is 0 Å². The highest BCUT2D eigenvalue weighted by atomic mass is 14.3. The Balaban J connectivity index is 0.000000606. The number of hydrogen-bond acceptors (Lipinski definition) is 0. The molecule has 2 rings (SSSR count). The Morgan fingerprint density at radius 2 is 2.00 bits per heavy atom. The first-order valence-electron chi connectivity index (χ1n) is 6.81. The van der Waals surface area contributed by atoms with Crippen molar-refractivity contribution in [2.24, 2.45) is 5.92 Å². The molecule has 0 heterocycles. The molecule has 16 heavy (non-hydrogen) atoms. The van der Waals surface area contributed by atoms with Gasteiger partial charge in [-0.05, 0) is 42.7 Å². The van der Waals surface area contributed by atoms with Crippen LogP contribution in [0.2, 0.25) is 0 Å². The van der Waals surface area contributed by atoms with Crippen molar-refractivity contribution in [1.82, 2.24) is 0 Å². The molecule has 1 aromatic carbocycles. The fourth-order valence-corrected chi connectivity index (χ4v) is 2.65. The molecule has 0 fully saturated rings. The molecule has 1 aromatic rings. The molecule has 0 heteroatoms. The number of rotatable bonds is 2. The van der Waals surface area contributed by atoms with Crippen molar-refractivity contribution in [1.29, 1.82) is 0 Å². The van der Waals surface area contributed by atoms with Gasteiger partial charge in [-0.2, -0.15) is 0 Å². The van der Waals surface area contributed by atoms with Crippen molar-refractivity contribution in [3.05, 3.63) is 34.9 Å². The minimum atomic E-state index is 0.829. The Bertz CT molecular complexity index is 325. The normalized spacial score (nSPS) is 19.7. The van der Waals surface area contributed by atoms with Crippen molar-refractivity contribution in [3.8, 4) is 0 Å². The number of aryl methyl sites for hydroxylation is 2. The van der Waals surface area contributed by atoms with Crippen molar-refractivity contribution < 1.29 is 0 Å². The van der Waals surface area contributed by atoms with Crippen LogP contribution in [0.25, 0.3) is 0 Å². The van der Waals surface area contributed by atoms with Crippen molar-refractivity contribution >= 4 is 0 Å². The summed E-state index contributed by atoms with van der Waals surface area (Å²) in [7, 11) is 0. The molecule has 0 saturated carbocycles. The van der Waals surface area contributed by atoms with Gasteiger partial charge >= 0.3 is 0 Å². The maximum atomic E-state index is 2.39. The lowest BCUT2D eigenvalue weighted by Gasteiger charge is -2.18. The van der Waals surface area contributed by atoms with Gasteiger partial charge in [-0.3, -0.25) is 0 Å². The van der Waals surface area contributed by atoms with E-state index in [4.69, 9.17) is 0 Å². The van der Waals surface area contributed by atoms with Gasteiger partial charge in [0, 0.05) is 0 Å². The summed E-state index contributed by atoms with van der Waals surface area (Å²) >= 11 is 0. The van der Waals surface area contributed by atoms with E-state index in [2.05, 4.69) is 39.0 Å². The first-order valence-corrected chi connectivity index (χ1v) is 6.81. The van der Waals surface area contributed by atoms with Gasteiger partial charge in [0.2, 0.25) is 0 Å². The molecule has 1 aliphatic carbocycles. The average molecular weight is 218 g/mol. The molecule has 0 nitrogen and oxygen atoms in total. The predicted octanol–water partition coefficient (Wildman–Crippen LogP) is 5.10. The van der Waals surface area contributed by atoms with Gasteiger partial charge in [-0.1, -0.05) is 57.9 Å². The zero-order valence-corrected chi connectivity index (χ0v) is 11.5. The maximum Gasteiger partial charge on any atom is -0.0130 e. The molecular formula is C16H26. The van der Waals surface area contributed by atoms with Crippen LogP contribution in [0.5, 0.6) is 0 Å². The zero-order valence-electron chi connectivity index (χ0n) is 11.5. The second-order valence-electron chi connectivity index (χ2n) is 4.73.